The number of halogens is 3. The molecule has 3 heterocycles. The number of hydrogen-bond donors (Lipinski definition) is 1. The van der Waals surface area contributed by atoms with Crippen molar-refractivity contribution < 1.29 is 9.18 Å². The van der Waals surface area contributed by atoms with Crippen LogP contribution in [0.2, 0.25) is 5.02 Å². The van der Waals surface area contributed by atoms with Crippen LogP contribution in [0.25, 0.3) is 22.3 Å². The molecule has 0 saturated carbocycles. The number of anilines is 1. The summed E-state index contributed by atoms with van der Waals surface area (Å²) >= 11 is 12.0. The van der Waals surface area contributed by atoms with Gasteiger partial charge >= 0.3 is 6.03 Å². The average molecular weight is 525 g/mol. The second kappa shape index (κ2) is 10.6. The third kappa shape index (κ3) is 5.34. The van der Waals surface area contributed by atoms with Crippen molar-refractivity contribution in [2.45, 2.75) is 12.4 Å². The molecule has 0 atom stereocenters. The zero-order valence-corrected chi connectivity index (χ0v) is 20.8. The van der Waals surface area contributed by atoms with Crippen LogP contribution in [0.4, 0.5) is 15.0 Å². The number of carbonyl (C=O) groups is 1. The maximum atomic E-state index is 13.4. The summed E-state index contributed by atoms with van der Waals surface area (Å²) in [7, 11) is 0. The molecule has 1 saturated heterocycles. The van der Waals surface area contributed by atoms with E-state index >= 15 is 0 Å². The highest BCUT2D eigenvalue weighted by molar-refractivity contribution is 6.30. The first-order valence-electron chi connectivity index (χ1n) is 11.5. The molecule has 0 bridgehead atoms. The highest BCUT2D eigenvalue weighted by atomic mass is 35.5. The summed E-state index contributed by atoms with van der Waals surface area (Å²) in [6, 6.07) is 17.2. The third-order valence-corrected chi connectivity index (χ3v) is 6.54. The summed E-state index contributed by atoms with van der Waals surface area (Å²) in [6.07, 6.45) is 0. The maximum Gasteiger partial charge on any atom is 0.317 e. The lowest BCUT2D eigenvalue weighted by atomic mass is 10.1. The highest BCUT2D eigenvalue weighted by Crippen LogP contribution is 2.27. The molecule has 0 spiro atoms. The molecular formula is C26H23Cl2FN6O. The van der Waals surface area contributed by atoms with Gasteiger partial charge in [-0.05, 0) is 54.1 Å². The monoisotopic (exact) mass is 524 g/mol. The molecule has 5 rings (SSSR count). The SMILES string of the molecule is O=C(NCc1ccc(Cl)cc1)N1CCN(c2nc(CCl)nc3ccc(-c4ccc(F)cc4)nc23)CC1. The molecule has 7 nitrogen and oxygen atoms in total. The number of hydrogen-bond acceptors (Lipinski definition) is 5. The zero-order valence-electron chi connectivity index (χ0n) is 19.3. The van der Waals surface area contributed by atoms with Crippen molar-refractivity contribution in [3.05, 3.63) is 82.9 Å². The van der Waals surface area contributed by atoms with E-state index in [2.05, 4.69) is 20.2 Å². The van der Waals surface area contributed by atoms with Crippen molar-refractivity contribution in [2.24, 2.45) is 0 Å². The number of pyridine rings is 1. The Morgan fingerprint density at radius 3 is 2.33 bits per heavy atom. The van der Waals surface area contributed by atoms with Gasteiger partial charge in [-0.15, -0.1) is 11.6 Å². The molecule has 184 valence electrons. The van der Waals surface area contributed by atoms with Gasteiger partial charge in [-0.2, -0.15) is 0 Å². The molecule has 2 aromatic carbocycles. The van der Waals surface area contributed by atoms with E-state index in [0.717, 1.165) is 11.1 Å². The van der Waals surface area contributed by atoms with Gasteiger partial charge in [0.05, 0.1) is 17.1 Å². The van der Waals surface area contributed by atoms with Gasteiger partial charge in [0.25, 0.3) is 0 Å². The quantitative estimate of drug-likeness (QED) is 0.360. The zero-order chi connectivity index (χ0) is 25.1. The Morgan fingerprint density at radius 2 is 1.64 bits per heavy atom. The predicted octanol–water partition coefficient (Wildman–Crippen LogP) is 5.25. The number of carbonyl (C=O) groups excluding carboxylic acids is 1. The molecule has 0 unspecified atom stereocenters. The number of benzene rings is 2. The topological polar surface area (TPSA) is 74.2 Å². The minimum Gasteiger partial charge on any atom is -0.351 e. The molecule has 1 aliphatic rings. The van der Waals surface area contributed by atoms with Crippen LogP contribution >= 0.6 is 23.2 Å². The van der Waals surface area contributed by atoms with Crippen LogP contribution in [-0.2, 0) is 12.4 Å². The van der Waals surface area contributed by atoms with Gasteiger partial charge in [-0.25, -0.2) is 24.1 Å². The Kier molecular flexibility index (Phi) is 7.16. The van der Waals surface area contributed by atoms with Gasteiger partial charge in [0.2, 0.25) is 0 Å². The van der Waals surface area contributed by atoms with Gasteiger partial charge in [0.15, 0.2) is 5.82 Å². The minimum atomic E-state index is -0.301. The van der Waals surface area contributed by atoms with E-state index in [1.165, 1.54) is 12.1 Å². The first-order chi connectivity index (χ1) is 17.5. The number of aromatic nitrogens is 3. The third-order valence-electron chi connectivity index (χ3n) is 6.05. The summed E-state index contributed by atoms with van der Waals surface area (Å²) in [5.41, 5.74) is 3.81. The lowest BCUT2D eigenvalue weighted by molar-refractivity contribution is 0.194. The molecule has 0 radical (unpaired) electrons. The van der Waals surface area contributed by atoms with Crippen molar-refractivity contribution in [1.82, 2.24) is 25.2 Å². The Balaban J connectivity index is 1.32. The number of alkyl halides is 1. The molecule has 1 aliphatic heterocycles. The van der Waals surface area contributed by atoms with Gasteiger partial charge in [-0.1, -0.05) is 23.7 Å². The number of urea groups is 1. The van der Waals surface area contributed by atoms with E-state index in [4.69, 9.17) is 28.2 Å². The molecule has 0 aliphatic carbocycles. The van der Waals surface area contributed by atoms with Crippen LogP contribution in [0.15, 0.2) is 60.7 Å². The number of rotatable bonds is 5. The number of piperazine rings is 1. The summed E-state index contributed by atoms with van der Waals surface area (Å²) in [5.74, 6) is 1.07. The minimum absolute atomic E-state index is 0.115. The molecule has 1 N–H and O–H groups in total. The van der Waals surface area contributed by atoms with E-state index in [1.54, 1.807) is 29.2 Å². The predicted molar refractivity (Wildman–Crippen MR) is 140 cm³/mol. The van der Waals surface area contributed by atoms with E-state index in [1.807, 2.05) is 24.3 Å². The summed E-state index contributed by atoms with van der Waals surface area (Å²) in [4.78, 5) is 30.6. The van der Waals surface area contributed by atoms with Crippen molar-refractivity contribution in [2.75, 3.05) is 31.1 Å². The van der Waals surface area contributed by atoms with Crippen molar-refractivity contribution in [1.29, 1.82) is 0 Å². The summed E-state index contributed by atoms with van der Waals surface area (Å²) in [6.45, 7) is 2.68. The van der Waals surface area contributed by atoms with Crippen LogP contribution in [0.5, 0.6) is 0 Å². The second-order valence-corrected chi connectivity index (χ2v) is 9.13. The molecule has 1 fully saturated rings. The second-order valence-electron chi connectivity index (χ2n) is 8.43. The van der Waals surface area contributed by atoms with Crippen molar-refractivity contribution >= 4 is 46.1 Å². The molecule has 2 amide bonds. The summed E-state index contributed by atoms with van der Waals surface area (Å²) in [5, 5.41) is 3.63. The molecular weight excluding hydrogens is 502 g/mol. The van der Waals surface area contributed by atoms with Crippen molar-refractivity contribution in [3.63, 3.8) is 0 Å². The molecule has 4 aromatic rings. The average Bonchev–Trinajstić information content (AvgIpc) is 2.92. The fourth-order valence-corrected chi connectivity index (χ4v) is 4.37. The van der Waals surface area contributed by atoms with Gasteiger partial charge in [-0.3, -0.25) is 0 Å². The van der Waals surface area contributed by atoms with Crippen LogP contribution in [0, 0.1) is 5.82 Å². The first-order valence-corrected chi connectivity index (χ1v) is 12.4. The van der Waals surface area contributed by atoms with Crippen LogP contribution in [0.3, 0.4) is 0 Å². The summed E-state index contributed by atoms with van der Waals surface area (Å²) < 4.78 is 13.4. The normalized spacial score (nSPS) is 13.8. The van der Waals surface area contributed by atoms with Gasteiger partial charge in [0, 0.05) is 43.3 Å². The van der Waals surface area contributed by atoms with E-state index < -0.39 is 0 Å². The number of nitrogens with zero attached hydrogens (tertiary/aromatic N) is 5. The van der Waals surface area contributed by atoms with Crippen LogP contribution < -0.4 is 10.2 Å². The van der Waals surface area contributed by atoms with Gasteiger partial charge < -0.3 is 15.1 Å². The van der Waals surface area contributed by atoms with Gasteiger partial charge in [0.1, 0.15) is 17.2 Å². The standard InChI is InChI=1S/C26H23Cl2FN6O/c27-15-23-31-22-10-9-21(18-3-7-20(29)8-4-18)32-24(22)25(33-23)34-11-13-35(14-12-34)26(36)30-16-17-1-5-19(28)6-2-17/h1-10H,11-16H2,(H,30,36). The number of amides is 2. The smallest absolute Gasteiger partial charge is 0.317 e. The number of fused-ring (bicyclic) bond motifs is 1. The van der Waals surface area contributed by atoms with Crippen LogP contribution in [0.1, 0.15) is 11.4 Å². The Bertz CT molecular complexity index is 1380. The fourth-order valence-electron chi connectivity index (χ4n) is 4.12. The Labute approximate surface area is 217 Å². The lowest BCUT2D eigenvalue weighted by Gasteiger charge is -2.35. The van der Waals surface area contributed by atoms with E-state index in [0.29, 0.717) is 66.1 Å². The largest absolute Gasteiger partial charge is 0.351 e. The maximum absolute atomic E-state index is 13.4. The number of nitrogens with one attached hydrogen (secondary N) is 1. The highest BCUT2D eigenvalue weighted by Gasteiger charge is 2.24. The van der Waals surface area contributed by atoms with E-state index in [9.17, 15) is 9.18 Å². The Morgan fingerprint density at radius 1 is 0.917 bits per heavy atom. The molecule has 2 aromatic heterocycles. The molecule has 36 heavy (non-hydrogen) atoms. The lowest BCUT2D eigenvalue weighted by Crippen LogP contribution is -2.52. The van der Waals surface area contributed by atoms with Crippen LogP contribution in [-0.4, -0.2) is 52.1 Å². The van der Waals surface area contributed by atoms with Crippen molar-refractivity contribution in [3.8, 4) is 11.3 Å². The first kappa shape index (κ1) is 24.2. The molecule has 10 heteroatoms. The Hall–Kier alpha value is -3.49. The van der Waals surface area contributed by atoms with E-state index in [-0.39, 0.29) is 17.7 Å². The fraction of sp³-hybridized carbons (Fsp3) is 0.231.